The molecule has 4 aromatic rings. The van der Waals surface area contributed by atoms with Gasteiger partial charge in [-0.05, 0) is 46.9 Å². The van der Waals surface area contributed by atoms with Crippen molar-refractivity contribution < 1.29 is 28.9 Å². The molecule has 6 rings (SSSR count). The van der Waals surface area contributed by atoms with E-state index in [4.69, 9.17) is 14.2 Å². The number of rotatable bonds is 12. The maximum absolute atomic E-state index is 12.1. The maximum Gasteiger partial charge on any atom is 0.325 e. The first-order chi connectivity index (χ1) is 24.5. The van der Waals surface area contributed by atoms with Crippen LogP contribution in [-0.2, 0) is 32.2 Å². The summed E-state index contributed by atoms with van der Waals surface area (Å²) in [5.41, 5.74) is 5.80. The molecule has 1 aromatic heterocycles. The molecule has 2 fully saturated rings. The molecule has 2 aliphatic heterocycles. The van der Waals surface area contributed by atoms with Gasteiger partial charge in [-0.1, -0.05) is 66.7 Å². The lowest BCUT2D eigenvalue weighted by Gasteiger charge is -2.40. The van der Waals surface area contributed by atoms with E-state index in [0.717, 1.165) is 78.5 Å². The maximum atomic E-state index is 12.1. The number of piperazine rings is 1. The normalized spacial score (nSPS) is 19.5. The molecule has 2 aliphatic rings. The van der Waals surface area contributed by atoms with Crippen molar-refractivity contribution >= 4 is 17.9 Å². The van der Waals surface area contributed by atoms with Gasteiger partial charge in [-0.2, -0.15) is 0 Å². The molecule has 3 heterocycles. The fourth-order valence-corrected chi connectivity index (χ4v) is 6.21. The van der Waals surface area contributed by atoms with Gasteiger partial charge in [0.15, 0.2) is 6.29 Å². The molecule has 50 heavy (non-hydrogen) atoms. The zero-order chi connectivity index (χ0) is 34.7. The number of hydrogen-bond acceptors (Lipinski definition) is 10. The average Bonchev–Trinajstić information content (AvgIpc) is 3.17. The predicted molar refractivity (Wildman–Crippen MR) is 188 cm³/mol. The number of anilines is 1. The number of nitrogens with one attached hydrogen (secondary N) is 2. The smallest absolute Gasteiger partial charge is 0.325 e. The molecular weight excluding hydrogens is 636 g/mol. The van der Waals surface area contributed by atoms with Crippen molar-refractivity contribution in [3.63, 3.8) is 0 Å². The number of hydrogen-bond donors (Lipinski definition) is 3. The zero-order valence-corrected chi connectivity index (χ0v) is 28.2. The number of carbonyl (C=O) groups is 2. The molecule has 0 saturated carbocycles. The number of urea groups is 1. The van der Waals surface area contributed by atoms with Crippen LogP contribution in [0.2, 0.25) is 0 Å². The summed E-state index contributed by atoms with van der Waals surface area (Å²) < 4.78 is 18.1. The molecule has 0 unspecified atom stereocenters. The molecule has 0 radical (unpaired) electrons. The first-order valence-corrected chi connectivity index (χ1v) is 17.1. The Morgan fingerprint density at radius 2 is 1.60 bits per heavy atom. The molecule has 2 amide bonds. The van der Waals surface area contributed by atoms with Crippen LogP contribution in [0, 0.1) is 0 Å². The number of amides is 2. The number of aromatic nitrogens is 2. The predicted octanol–water partition coefficient (Wildman–Crippen LogP) is 4.37. The third kappa shape index (κ3) is 9.42. The molecule has 12 nitrogen and oxygen atoms in total. The number of esters is 1. The summed E-state index contributed by atoms with van der Waals surface area (Å²) in [5.74, 6) is 0.288. The van der Waals surface area contributed by atoms with E-state index < -0.39 is 18.3 Å². The summed E-state index contributed by atoms with van der Waals surface area (Å²) in [6, 6.07) is 25.5. The van der Waals surface area contributed by atoms with Crippen LogP contribution in [0.3, 0.4) is 0 Å². The Morgan fingerprint density at radius 3 is 2.32 bits per heavy atom. The van der Waals surface area contributed by atoms with E-state index in [1.54, 1.807) is 19.3 Å². The van der Waals surface area contributed by atoms with Gasteiger partial charge >= 0.3 is 12.0 Å². The zero-order valence-electron chi connectivity index (χ0n) is 28.2. The van der Waals surface area contributed by atoms with Crippen LogP contribution in [0.1, 0.15) is 48.0 Å². The molecule has 0 bridgehead atoms. The molecule has 3 aromatic carbocycles. The Kier molecular flexibility index (Phi) is 12.0. The molecule has 0 aliphatic carbocycles. The van der Waals surface area contributed by atoms with Gasteiger partial charge in [0.25, 0.3) is 0 Å². The Labute approximate surface area is 292 Å². The van der Waals surface area contributed by atoms with Crippen LogP contribution in [0.25, 0.3) is 11.1 Å². The summed E-state index contributed by atoms with van der Waals surface area (Å²) in [6.07, 6.45) is 3.52. The van der Waals surface area contributed by atoms with Crippen molar-refractivity contribution in [2.75, 3.05) is 50.8 Å². The highest BCUT2D eigenvalue weighted by atomic mass is 16.7. The molecule has 0 spiro atoms. The van der Waals surface area contributed by atoms with Gasteiger partial charge in [0, 0.05) is 63.6 Å². The van der Waals surface area contributed by atoms with Crippen molar-refractivity contribution in [2.45, 2.75) is 45.0 Å². The van der Waals surface area contributed by atoms with Gasteiger partial charge in [0.05, 0.1) is 25.4 Å². The Balaban J connectivity index is 1.10. The summed E-state index contributed by atoms with van der Waals surface area (Å²) >= 11 is 0. The van der Waals surface area contributed by atoms with Gasteiger partial charge in [0.1, 0.15) is 6.54 Å². The van der Waals surface area contributed by atoms with E-state index in [1.807, 2.05) is 66.7 Å². The van der Waals surface area contributed by atoms with Gasteiger partial charge in [-0.25, -0.2) is 14.8 Å². The van der Waals surface area contributed by atoms with Gasteiger partial charge in [-0.15, -0.1) is 0 Å². The topological polar surface area (TPSA) is 138 Å². The average molecular weight is 681 g/mol. The highest BCUT2D eigenvalue weighted by molar-refractivity contribution is 5.80. The molecular formula is C38H44N6O6. The van der Waals surface area contributed by atoms with Crippen LogP contribution in [0.4, 0.5) is 10.7 Å². The summed E-state index contributed by atoms with van der Waals surface area (Å²) in [6.45, 7) is 6.38. The quantitative estimate of drug-likeness (QED) is 0.185. The monoisotopic (exact) mass is 680 g/mol. The van der Waals surface area contributed by atoms with E-state index in [2.05, 4.69) is 42.5 Å². The largest absolute Gasteiger partial charge is 0.465 e. The van der Waals surface area contributed by atoms with Crippen molar-refractivity contribution in [3.8, 4) is 11.1 Å². The first-order valence-electron chi connectivity index (χ1n) is 17.1. The Morgan fingerprint density at radius 1 is 0.860 bits per heavy atom. The van der Waals surface area contributed by atoms with Gasteiger partial charge < -0.3 is 34.9 Å². The molecule has 3 N–H and O–H groups in total. The number of carbonyl (C=O) groups excluding carboxylic acids is 2. The van der Waals surface area contributed by atoms with Crippen molar-refractivity contribution in [1.82, 2.24) is 25.5 Å². The van der Waals surface area contributed by atoms with Crippen LogP contribution in [0.15, 0.2) is 91.3 Å². The fraction of sp³-hybridized carbons (Fsp3) is 0.368. The minimum Gasteiger partial charge on any atom is -0.465 e. The number of aliphatic hydroxyl groups excluding tert-OH is 1. The van der Waals surface area contributed by atoms with E-state index in [1.165, 1.54) is 0 Å². The lowest BCUT2D eigenvalue weighted by atomic mass is 9.99. The second kappa shape index (κ2) is 17.2. The third-order valence-electron chi connectivity index (χ3n) is 8.88. The standard InChI is InChI=1S/C38H44N6O6/c1-2-48-35(46)24-42-38(47)41-23-28-5-3-6-32(21-28)29-11-13-31(14-12-29)36-49-33(22-34(50-36)30-9-7-27(26-45)8-10-30)25-43-17-19-44(20-18-43)37-39-15-4-16-40-37/h3-16,21,33-34,36,45H,2,17-20,22-26H2,1H3,(H2,41,42,47)/t33-,34+,36+/m1/s1. The molecule has 262 valence electrons. The number of ether oxygens (including phenoxy) is 3. The highest BCUT2D eigenvalue weighted by Crippen LogP contribution is 2.38. The minimum atomic E-state index is -0.548. The minimum absolute atomic E-state index is 0.00160. The van der Waals surface area contributed by atoms with E-state index in [0.29, 0.717) is 6.54 Å². The number of nitrogens with zero attached hydrogens (tertiary/aromatic N) is 4. The second-order valence-electron chi connectivity index (χ2n) is 12.4. The lowest BCUT2D eigenvalue weighted by Crippen LogP contribution is -2.50. The number of aliphatic hydroxyl groups is 1. The molecule has 2 saturated heterocycles. The van der Waals surface area contributed by atoms with Gasteiger partial charge in [0.2, 0.25) is 5.95 Å². The lowest BCUT2D eigenvalue weighted by molar-refractivity contribution is -0.253. The highest BCUT2D eigenvalue weighted by Gasteiger charge is 2.34. The van der Waals surface area contributed by atoms with Crippen molar-refractivity contribution in [3.05, 3.63) is 114 Å². The fourth-order valence-electron chi connectivity index (χ4n) is 6.21. The van der Waals surface area contributed by atoms with Crippen LogP contribution >= 0.6 is 0 Å². The van der Waals surface area contributed by atoms with Crippen LogP contribution < -0.4 is 15.5 Å². The van der Waals surface area contributed by atoms with Crippen LogP contribution in [0.5, 0.6) is 0 Å². The van der Waals surface area contributed by atoms with Crippen molar-refractivity contribution in [1.29, 1.82) is 0 Å². The second-order valence-corrected chi connectivity index (χ2v) is 12.4. The van der Waals surface area contributed by atoms with E-state index in [9.17, 15) is 14.7 Å². The summed E-state index contributed by atoms with van der Waals surface area (Å²) in [5, 5.41) is 14.8. The summed E-state index contributed by atoms with van der Waals surface area (Å²) in [7, 11) is 0. The Bertz CT molecular complexity index is 1680. The first kappa shape index (κ1) is 35.0. The Hall–Kier alpha value is -4.88. The number of benzene rings is 3. The third-order valence-corrected chi connectivity index (χ3v) is 8.88. The SMILES string of the molecule is CCOC(=O)CNC(=O)NCc1cccc(-c2ccc([C@H]3O[C@@H](CN4CCN(c5ncccn5)CC4)C[C@@H](c4ccc(CO)cc4)O3)cc2)c1. The summed E-state index contributed by atoms with van der Waals surface area (Å²) in [4.78, 5) is 37.1. The van der Waals surface area contributed by atoms with E-state index in [-0.39, 0.29) is 32.0 Å². The molecule has 12 heteroatoms. The van der Waals surface area contributed by atoms with E-state index >= 15 is 0 Å². The van der Waals surface area contributed by atoms with Gasteiger partial charge in [-0.3, -0.25) is 9.69 Å². The van der Waals surface area contributed by atoms with Crippen molar-refractivity contribution in [2.24, 2.45) is 0 Å². The van der Waals surface area contributed by atoms with Crippen LogP contribution in [-0.4, -0.2) is 84.0 Å². The molecule has 3 atom stereocenters.